The van der Waals surface area contributed by atoms with Crippen molar-refractivity contribution in [2.24, 2.45) is 0 Å². The van der Waals surface area contributed by atoms with E-state index in [0.29, 0.717) is 18.2 Å². The molecule has 0 amide bonds. The van der Waals surface area contributed by atoms with E-state index in [1.165, 1.54) is 0 Å². The Morgan fingerprint density at radius 3 is 2.35 bits per heavy atom. The van der Waals surface area contributed by atoms with Gasteiger partial charge in [0.05, 0.1) is 31.5 Å². The van der Waals surface area contributed by atoms with E-state index in [1.807, 2.05) is 60.7 Å². The molecule has 4 nitrogen and oxygen atoms in total. The number of aromatic nitrogens is 1. The average Bonchev–Trinajstić information content (AvgIpc) is 2.72. The third-order valence-electron chi connectivity index (χ3n) is 3.94. The summed E-state index contributed by atoms with van der Waals surface area (Å²) in [6, 6.07) is 19.3. The molecule has 2 aromatic carbocycles. The molecule has 0 radical (unpaired) electrons. The van der Waals surface area contributed by atoms with Crippen molar-refractivity contribution in [2.75, 3.05) is 14.2 Å². The first-order valence-corrected chi connectivity index (χ1v) is 8.73. The fourth-order valence-electron chi connectivity index (χ4n) is 2.59. The minimum atomic E-state index is 0.307. The van der Waals surface area contributed by atoms with Gasteiger partial charge >= 0.3 is 0 Å². The number of rotatable bonds is 7. The first-order valence-electron chi connectivity index (χ1n) is 8.19. The van der Waals surface area contributed by atoms with E-state index in [4.69, 9.17) is 25.8 Å². The highest BCUT2D eigenvalue weighted by Crippen LogP contribution is 2.31. The predicted molar refractivity (Wildman–Crippen MR) is 103 cm³/mol. The third-order valence-corrected chi connectivity index (χ3v) is 4.21. The lowest BCUT2D eigenvalue weighted by Crippen LogP contribution is -1.99. The summed E-state index contributed by atoms with van der Waals surface area (Å²) in [7, 11) is 3.29. The highest BCUT2D eigenvalue weighted by molar-refractivity contribution is 6.16. The average molecular weight is 370 g/mol. The van der Waals surface area contributed by atoms with Gasteiger partial charge in [-0.15, -0.1) is 11.6 Å². The van der Waals surface area contributed by atoms with E-state index in [0.717, 1.165) is 34.0 Å². The molecule has 0 bridgehead atoms. The first kappa shape index (κ1) is 18.1. The topological polar surface area (TPSA) is 40.6 Å². The molecule has 0 fully saturated rings. The number of methoxy groups -OCH3 is 2. The van der Waals surface area contributed by atoms with Crippen molar-refractivity contribution in [2.45, 2.75) is 12.5 Å². The number of halogens is 1. The molecule has 0 aliphatic carbocycles. The molecule has 0 saturated heterocycles. The van der Waals surface area contributed by atoms with Gasteiger partial charge in [-0.05, 0) is 29.8 Å². The molecule has 3 aromatic rings. The van der Waals surface area contributed by atoms with Crippen molar-refractivity contribution in [1.29, 1.82) is 0 Å². The number of pyridine rings is 1. The monoisotopic (exact) mass is 369 g/mol. The molecule has 0 aliphatic heterocycles. The van der Waals surface area contributed by atoms with Crippen LogP contribution in [0.3, 0.4) is 0 Å². The fourth-order valence-corrected chi connectivity index (χ4v) is 2.73. The second-order valence-corrected chi connectivity index (χ2v) is 5.92. The van der Waals surface area contributed by atoms with Crippen LogP contribution in [0.2, 0.25) is 0 Å². The van der Waals surface area contributed by atoms with Gasteiger partial charge < -0.3 is 14.2 Å². The van der Waals surface area contributed by atoms with Crippen molar-refractivity contribution in [1.82, 2.24) is 4.98 Å². The minimum absolute atomic E-state index is 0.307. The second kappa shape index (κ2) is 8.59. The van der Waals surface area contributed by atoms with E-state index in [2.05, 4.69) is 4.98 Å². The van der Waals surface area contributed by atoms with Gasteiger partial charge in [0.25, 0.3) is 0 Å². The number of benzene rings is 2. The van der Waals surface area contributed by atoms with Crippen LogP contribution in [0.15, 0.2) is 60.7 Å². The van der Waals surface area contributed by atoms with Crippen LogP contribution in [0.1, 0.15) is 11.3 Å². The summed E-state index contributed by atoms with van der Waals surface area (Å²) < 4.78 is 16.6. The number of ether oxygens (including phenoxy) is 3. The molecule has 3 rings (SSSR count). The van der Waals surface area contributed by atoms with Gasteiger partial charge in [-0.2, -0.15) is 0 Å². The Morgan fingerprint density at radius 1 is 0.885 bits per heavy atom. The zero-order chi connectivity index (χ0) is 18.4. The lowest BCUT2D eigenvalue weighted by atomic mass is 10.1. The van der Waals surface area contributed by atoms with Gasteiger partial charge in [0, 0.05) is 17.7 Å². The zero-order valence-electron chi connectivity index (χ0n) is 14.7. The van der Waals surface area contributed by atoms with Crippen molar-refractivity contribution < 1.29 is 14.2 Å². The molecule has 1 aromatic heterocycles. The van der Waals surface area contributed by atoms with Crippen molar-refractivity contribution in [3.8, 4) is 28.5 Å². The summed E-state index contributed by atoms with van der Waals surface area (Å²) >= 11 is 6.02. The fraction of sp³-hybridized carbons (Fsp3) is 0.190. The quantitative estimate of drug-likeness (QED) is 0.544. The highest BCUT2D eigenvalue weighted by atomic mass is 35.5. The van der Waals surface area contributed by atoms with Crippen LogP contribution in [0.25, 0.3) is 11.3 Å². The molecule has 0 spiro atoms. The molecule has 26 heavy (non-hydrogen) atoms. The standard InChI is InChI=1S/C21H20ClNO3/c1-24-17-9-7-15(8-10-17)14-26-18-11-16(13-22)23-20(12-18)19-5-3-4-6-21(19)25-2/h3-12H,13-14H2,1-2H3. The van der Waals surface area contributed by atoms with E-state index in [9.17, 15) is 0 Å². The van der Waals surface area contributed by atoms with Gasteiger partial charge in [0.2, 0.25) is 0 Å². The van der Waals surface area contributed by atoms with Crippen LogP contribution in [0.4, 0.5) is 0 Å². The van der Waals surface area contributed by atoms with Gasteiger partial charge in [-0.25, -0.2) is 0 Å². The summed E-state index contributed by atoms with van der Waals surface area (Å²) in [6.07, 6.45) is 0. The van der Waals surface area contributed by atoms with Gasteiger partial charge in [0.15, 0.2) is 0 Å². The number of para-hydroxylation sites is 1. The largest absolute Gasteiger partial charge is 0.497 e. The maximum Gasteiger partial charge on any atom is 0.128 e. The van der Waals surface area contributed by atoms with Gasteiger partial charge in [0.1, 0.15) is 23.9 Å². The molecule has 0 aliphatic rings. The van der Waals surface area contributed by atoms with Gasteiger partial charge in [-0.3, -0.25) is 4.98 Å². The van der Waals surface area contributed by atoms with E-state index < -0.39 is 0 Å². The van der Waals surface area contributed by atoms with Crippen molar-refractivity contribution in [3.63, 3.8) is 0 Å². The highest BCUT2D eigenvalue weighted by Gasteiger charge is 2.10. The molecule has 5 heteroatoms. The van der Waals surface area contributed by atoms with Crippen LogP contribution >= 0.6 is 11.6 Å². The summed E-state index contributed by atoms with van der Waals surface area (Å²) in [5.41, 5.74) is 3.47. The van der Waals surface area contributed by atoms with Crippen molar-refractivity contribution >= 4 is 11.6 Å². The molecule has 0 N–H and O–H groups in total. The number of hydrogen-bond acceptors (Lipinski definition) is 4. The smallest absolute Gasteiger partial charge is 0.128 e. The van der Waals surface area contributed by atoms with E-state index in [-0.39, 0.29) is 0 Å². The van der Waals surface area contributed by atoms with E-state index in [1.54, 1.807) is 14.2 Å². The van der Waals surface area contributed by atoms with E-state index >= 15 is 0 Å². The third kappa shape index (κ3) is 4.27. The molecular formula is C21H20ClNO3. The Bertz CT molecular complexity index is 865. The molecule has 0 saturated carbocycles. The second-order valence-electron chi connectivity index (χ2n) is 5.65. The minimum Gasteiger partial charge on any atom is -0.497 e. The summed E-state index contributed by atoms with van der Waals surface area (Å²) in [5, 5.41) is 0. The number of hydrogen-bond donors (Lipinski definition) is 0. The maximum absolute atomic E-state index is 6.02. The van der Waals surface area contributed by atoms with Crippen LogP contribution in [0, 0.1) is 0 Å². The maximum atomic E-state index is 6.02. The number of nitrogens with zero attached hydrogens (tertiary/aromatic N) is 1. The first-order chi connectivity index (χ1) is 12.7. The van der Waals surface area contributed by atoms with Crippen LogP contribution < -0.4 is 14.2 Å². The summed E-state index contributed by atoms with van der Waals surface area (Å²) in [4.78, 5) is 4.60. The van der Waals surface area contributed by atoms with Crippen LogP contribution in [-0.4, -0.2) is 19.2 Å². The molecular weight excluding hydrogens is 350 g/mol. The van der Waals surface area contributed by atoms with Crippen molar-refractivity contribution in [3.05, 3.63) is 71.9 Å². The SMILES string of the molecule is COc1ccc(COc2cc(CCl)nc(-c3ccccc3OC)c2)cc1. The lowest BCUT2D eigenvalue weighted by Gasteiger charge is -2.12. The lowest BCUT2D eigenvalue weighted by molar-refractivity contribution is 0.305. The predicted octanol–water partition coefficient (Wildman–Crippen LogP) is 5.08. The summed E-state index contributed by atoms with van der Waals surface area (Å²) in [6.45, 7) is 0.446. The Hall–Kier alpha value is -2.72. The Balaban J connectivity index is 1.85. The van der Waals surface area contributed by atoms with Crippen LogP contribution in [0.5, 0.6) is 17.2 Å². The zero-order valence-corrected chi connectivity index (χ0v) is 15.5. The Labute approximate surface area is 158 Å². The summed E-state index contributed by atoms with van der Waals surface area (Å²) in [5.74, 6) is 2.60. The van der Waals surface area contributed by atoms with Crippen LogP contribution in [-0.2, 0) is 12.5 Å². The molecule has 0 unspecified atom stereocenters. The molecule has 0 atom stereocenters. The Kier molecular flexibility index (Phi) is 5.97. The molecule has 1 heterocycles. The Morgan fingerprint density at radius 2 is 1.65 bits per heavy atom. The normalized spacial score (nSPS) is 10.4. The number of alkyl halides is 1. The van der Waals surface area contributed by atoms with Gasteiger partial charge in [-0.1, -0.05) is 24.3 Å². The molecule has 134 valence electrons.